The van der Waals surface area contributed by atoms with Gasteiger partial charge in [0, 0.05) is 11.9 Å². The number of nitrogens with zero attached hydrogens (tertiary/aromatic N) is 1. The summed E-state index contributed by atoms with van der Waals surface area (Å²) in [6, 6.07) is 2.04. The molecule has 0 atom stereocenters. The Balaban J connectivity index is 0.000000671. The molecule has 0 saturated carbocycles. The van der Waals surface area contributed by atoms with Crippen molar-refractivity contribution < 1.29 is 0 Å². The highest BCUT2D eigenvalue weighted by Crippen LogP contribution is 2.07. The van der Waals surface area contributed by atoms with E-state index in [4.69, 9.17) is 0 Å². The van der Waals surface area contributed by atoms with E-state index in [1.165, 1.54) is 18.5 Å². The summed E-state index contributed by atoms with van der Waals surface area (Å²) in [5, 5.41) is 6.86. The maximum absolute atomic E-state index is 3.89. The Hall–Kier alpha value is -0.790. The summed E-state index contributed by atoms with van der Waals surface area (Å²) < 4.78 is 0. The van der Waals surface area contributed by atoms with Gasteiger partial charge >= 0.3 is 0 Å². The van der Waals surface area contributed by atoms with Crippen molar-refractivity contribution in [1.82, 2.24) is 10.2 Å². The number of H-pyrrole nitrogens is 1. The van der Waals surface area contributed by atoms with Crippen LogP contribution in [0.3, 0.4) is 0 Å². The highest BCUT2D eigenvalue weighted by atomic mass is 15.1. The van der Waals surface area contributed by atoms with Crippen LogP contribution in [-0.4, -0.2) is 10.2 Å². The molecule has 13 heavy (non-hydrogen) atoms. The van der Waals surface area contributed by atoms with Crippen molar-refractivity contribution in [1.29, 1.82) is 0 Å². The Bertz CT molecular complexity index is 178. The molecule has 0 aliphatic heterocycles. The Morgan fingerprint density at radius 1 is 1.38 bits per heavy atom. The summed E-state index contributed by atoms with van der Waals surface area (Å²) in [5.41, 5.74) is 1.26. The lowest BCUT2D eigenvalue weighted by atomic mass is 10.1. The highest BCUT2D eigenvalue weighted by Gasteiger charge is 1.96. The van der Waals surface area contributed by atoms with Crippen molar-refractivity contribution in [3.8, 4) is 0 Å². The van der Waals surface area contributed by atoms with E-state index in [0.29, 0.717) is 0 Å². The zero-order valence-corrected chi connectivity index (χ0v) is 9.30. The van der Waals surface area contributed by atoms with Gasteiger partial charge in [-0.1, -0.05) is 34.1 Å². The van der Waals surface area contributed by atoms with Crippen molar-refractivity contribution in [3.63, 3.8) is 0 Å². The van der Waals surface area contributed by atoms with E-state index in [1.54, 1.807) is 0 Å². The van der Waals surface area contributed by atoms with E-state index in [0.717, 1.165) is 12.3 Å². The van der Waals surface area contributed by atoms with Crippen molar-refractivity contribution in [2.24, 2.45) is 5.92 Å². The van der Waals surface area contributed by atoms with Crippen molar-refractivity contribution in [3.05, 3.63) is 18.0 Å². The summed E-state index contributed by atoms with van der Waals surface area (Å²) in [5.74, 6) is 0.818. The quantitative estimate of drug-likeness (QED) is 0.759. The van der Waals surface area contributed by atoms with E-state index in [9.17, 15) is 0 Å². The number of hydrogen-bond donors (Lipinski definition) is 1. The Labute approximate surface area is 81.8 Å². The zero-order chi connectivity index (χ0) is 10.1. The largest absolute Gasteiger partial charge is 0.283 e. The van der Waals surface area contributed by atoms with Crippen LogP contribution in [0, 0.1) is 5.92 Å². The molecule has 0 bridgehead atoms. The third-order valence-electron chi connectivity index (χ3n) is 1.79. The third-order valence-corrected chi connectivity index (χ3v) is 1.79. The molecule has 0 aromatic carbocycles. The van der Waals surface area contributed by atoms with Crippen molar-refractivity contribution >= 4 is 0 Å². The van der Waals surface area contributed by atoms with E-state index >= 15 is 0 Å². The number of nitrogens with one attached hydrogen (secondary N) is 1. The monoisotopic (exact) mass is 182 g/mol. The first kappa shape index (κ1) is 12.2. The first-order chi connectivity index (χ1) is 6.29. The summed E-state index contributed by atoms with van der Waals surface area (Å²) in [6.07, 6.45) is 5.52. The number of rotatable bonds is 4. The van der Waals surface area contributed by atoms with Crippen molar-refractivity contribution in [2.45, 2.75) is 47.0 Å². The molecule has 1 N–H and O–H groups in total. The Morgan fingerprint density at radius 2 is 2.08 bits per heavy atom. The van der Waals surface area contributed by atoms with Crippen LogP contribution >= 0.6 is 0 Å². The average molecular weight is 182 g/mol. The fourth-order valence-electron chi connectivity index (χ4n) is 1.12. The van der Waals surface area contributed by atoms with E-state index in [2.05, 4.69) is 24.0 Å². The Kier molecular flexibility index (Phi) is 7.36. The molecule has 1 aromatic rings. The van der Waals surface area contributed by atoms with Crippen LogP contribution in [0.1, 0.15) is 46.2 Å². The van der Waals surface area contributed by atoms with Crippen LogP contribution in [0.25, 0.3) is 0 Å². The standard InChI is InChI=1S/C9H16N2.C2H6/c1-8(2)4-3-5-9-6-7-10-11-9;1-2/h6-8H,3-5H2,1-2H3,(H,10,11);1-2H3. The molecule has 0 aliphatic carbocycles. The lowest BCUT2D eigenvalue weighted by Gasteiger charge is -2.01. The normalized spacial score (nSPS) is 9.62. The third kappa shape index (κ3) is 6.38. The molecule has 2 nitrogen and oxygen atoms in total. The Morgan fingerprint density at radius 3 is 2.54 bits per heavy atom. The second-order valence-electron chi connectivity index (χ2n) is 3.37. The van der Waals surface area contributed by atoms with Crippen molar-refractivity contribution in [2.75, 3.05) is 0 Å². The number of aromatic amines is 1. The zero-order valence-electron chi connectivity index (χ0n) is 9.30. The minimum absolute atomic E-state index is 0.818. The van der Waals surface area contributed by atoms with Crippen LogP contribution in [0.2, 0.25) is 0 Å². The lowest BCUT2D eigenvalue weighted by molar-refractivity contribution is 0.553. The van der Waals surface area contributed by atoms with Gasteiger partial charge in [0.15, 0.2) is 0 Å². The van der Waals surface area contributed by atoms with E-state index < -0.39 is 0 Å². The van der Waals surface area contributed by atoms with Gasteiger partial charge < -0.3 is 0 Å². The molecule has 1 heterocycles. The minimum Gasteiger partial charge on any atom is -0.283 e. The number of aromatic nitrogens is 2. The molecule has 0 fully saturated rings. The van der Waals surface area contributed by atoms with Crippen LogP contribution in [0.4, 0.5) is 0 Å². The SMILES string of the molecule is CC.CC(C)CCCc1ccn[nH]1. The fraction of sp³-hybridized carbons (Fsp3) is 0.727. The molecular formula is C11H22N2. The molecule has 0 spiro atoms. The van der Waals surface area contributed by atoms with Crippen LogP contribution in [-0.2, 0) is 6.42 Å². The smallest absolute Gasteiger partial charge is 0.0490 e. The van der Waals surface area contributed by atoms with Gasteiger partial charge in [0.1, 0.15) is 0 Å². The molecule has 0 unspecified atom stereocenters. The molecule has 0 saturated heterocycles. The molecule has 0 amide bonds. The molecule has 1 aromatic heterocycles. The molecule has 0 radical (unpaired) electrons. The molecule has 2 heteroatoms. The van der Waals surface area contributed by atoms with E-state index in [1.807, 2.05) is 26.1 Å². The van der Waals surface area contributed by atoms with Gasteiger partial charge in [-0.25, -0.2) is 0 Å². The minimum atomic E-state index is 0.818. The van der Waals surface area contributed by atoms with Crippen LogP contribution in [0.15, 0.2) is 12.3 Å². The predicted octanol–water partition coefficient (Wildman–Crippen LogP) is 3.41. The van der Waals surface area contributed by atoms with Gasteiger partial charge in [-0.3, -0.25) is 5.10 Å². The van der Waals surface area contributed by atoms with Gasteiger partial charge in [-0.15, -0.1) is 0 Å². The van der Waals surface area contributed by atoms with Gasteiger partial charge in [-0.2, -0.15) is 5.10 Å². The van der Waals surface area contributed by atoms with Gasteiger partial charge in [0.05, 0.1) is 0 Å². The van der Waals surface area contributed by atoms with Gasteiger partial charge in [0.25, 0.3) is 0 Å². The molecule has 0 aliphatic rings. The summed E-state index contributed by atoms with van der Waals surface area (Å²) in [6.45, 7) is 8.51. The topological polar surface area (TPSA) is 28.7 Å². The maximum atomic E-state index is 3.89. The molecule has 1 rings (SSSR count). The summed E-state index contributed by atoms with van der Waals surface area (Å²) >= 11 is 0. The first-order valence-electron chi connectivity index (χ1n) is 5.27. The maximum Gasteiger partial charge on any atom is 0.0490 e. The first-order valence-corrected chi connectivity index (χ1v) is 5.27. The number of hydrogen-bond acceptors (Lipinski definition) is 1. The second-order valence-corrected chi connectivity index (χ2v) is 3.37. The highest BCUT2D eigenvalue weighted by molar-refractivity contribution is 4.96. The average Bonchev–Trinajstić information content (AvgIpc) is 2.60. The molecule has 76 valence electrons. The van der Waals surface area contributed by atoms with Gasteiger partial charge in [-0.05, 0) is 24.8 Å². The van der Waals surface area contributed by atoms with E-state index in [-0.39, 0.29) is 0 Å². The summed E-state index contributed by atoms with van der Waals surface area (Å²) in [4.78, 5) is 0. The second kappa shape index (κ2) is 7.84. The predicted molar refractivity (Wildman–Crippen MR) is 57.7 cm³/mol. The van der Waals surface area contributed by atoms with Crippen LogP contribution in [0.5, 0.6) is 0 Å². The number of aryl methyl sites for hydroxylation is 1. The summed E-state index contributed by atoms with van der Waals surface area (Å²) in [7, 11) is 0. The fourth-order valence-corrected chi connectivity index (χ4v) is 1.12. The lowest BCUT2D eigenvalue weighted by Crippen LogP contribution is -1.90. The molecular weight excluding hydrogens is 160 g/mol. The van der Waals surface area contributed by atoms with Gasteiger partial charge in [0.2, 0.25) is 0 Å². The van der Waals surface area contributed by atoms with Crippen LogP contribution < -0.4 is 0 Å².